The van der Waals surface area contributed by atoms with Crippen LogP contribution in [0.1, 0.15) is 21.7 Å². The van der Waals surface area contributed by atoms with Crippen molar-refractivity contribution in [3.8, 4) is 0 Å². The number of aryl methyl sites for hydroxylation is 3. The molecule has 0 unspecified atom stereocenters. The monoisotopic (exact) mass is 284 g/mol. The molecule has 0 saturated heterocycles. The molecule has 3 aromatic heterocycles. The van der Waals surface area contributed by atoms with Crippen LogP contribution >= 0.6 is 0 Å². The Balaban J connectivity index is 1.76. The van der Waals surface area contributed by atoms with Crippen LogP contribution in [0.15, 0.2) is 24.7 Å². The van der Waals surface area contributed by atoms with E-state index in [1.165, 1.54) is 0 Å². The van der Waals surface area contributed by atoms with E-state index in [0.717, 1.165) is 17.0 Å². The van der Waals surface area contributed by atoms with Crippen molar-refractivity contribution in [1.82, 2.24) is 29.6 Å². The van der Waals surface area contributed by atoms with E-state index in [9.17, 15) is 4.79 Å². The molecule has 3 heterocycles. The molecule has 3 rings (SSSR count). The molecule has 0 aromatic carbocycles. The average molecular weight is 284 g/mol. The fourth-order valence-corrected chi connectivity index (χ4v) is 2.24. The third kappa shape index (κ3) is 2.49. The molecule has 7 heteroatoms. The molecule has 0 aliphatic heterocycles. The van der Waals surface area contributed by atoms with E-state index >= 15 is 0 Å². The van der Waals surface area contributed by atoms with Gasteiger partial charge in [0, 0.05) is 20.3 Å². The first-order valence-electron chi connectivity index (χ1n) is 6.59. The fraction of sp³-hybridized carbons (Fsp3) is 0.286. The Morgan fingerprint density at radius 3 is 2.81 bits per heavy atom. The maximum atomic E-state index is 12.2. The van der Waals surface area contributed by atoms with Crippen molar-refractivity contribution < 1.29 is 4.79 Å². The summed E-state index contributed by atoms with van der Waals surface area (Å²) in [4.78, 5) is 20.6. The van der Waals surface area contributed by atoms with Gasteiger partial charge in [-0.05, 0) is 19.1 Å². The zero-order valence-electron chi connectivity index (χ0n) is 12.2. The van der Waals surface area contributed by atoms with E-state index < -0.39 is 0 Å². The summed E-state index contributed by atoms with van der Waals surface area (Å²) in [5, 5.41) is 7.11. The van der Waals surface area contributed by atoms with Crippen LogP contribution in [-0.4, -0.2) is 30.2 Å². The van der Waals surface area contributed by atoms with Gasteiger partial charge in [0.2, 0.25) is 0 Å². The first-order chi connectivity index (χ1) is 10.0. The van der Waals surface area contributed by atoms with Gasteiger partial charge in [0.1, 0.15) is 5.52 Å². The summed E-state index contributed by atoms with van der Waals surface area (Å²) in [5.74, 6) is -0.172. The minimum Gasteiger partial charge on any atom is -0.346 e. The highest BCUT2D eigenvalue weighted by Crippen LogP contribution is 2.11. The maximum Gasteiger partial charge on any atom is 0.253 e. The molecule has 1 N–H and O–H groups in total. The van der Waals surface area contributed by atoms with Crippen molar-refractivity contribution >= 4 is 17.1 Å². The highest BCUT2D eigenvalue weighted by atomic mass is 16.1. The molecule has 0 radical (unpaired) electrons. The number of imidazole rings is 1. The Bertz CT molecular complexity index is 816. The normalized spacial score (nSPS) is 11.0. The van der Waals surface area contributed by atoms with Crippen LogP contribution < -0.4 is 5.32 Å². The summed E-state index contributed by atoms with van der Waals surface area (Å²) in [6.07, 6.45) is 3.24. The molecule has 0 saturated carbocycles. The molecule has 0 aliphatic carbocycles. The number of nitrogens with one attached hydrogen (secondary N) is 1. The summed E-state index contributed by atoms with van der Waals surface area (Å²) in [6, 6.07) is 3.69. The SMILES string of the molecule is Cc1cc(CNC(=O)c2cnc3c(c2)ncn3C)n(C)n1. The van der Waals surface area contributed by atoms with Crippen LogP contribution in [0, 0.1) is 6.92 Å². The zero-order chi connectivity index (χ0) is 15.0. The van der Waals surface area contributed by atoms with Gasteiger partial charge in [-0.1, -0.05) is 0 Å². The lowest BCUT2D eigenvalue weighted by Crippen LogP contribution is -2.24. The van der Waals surface area contributed by atoms with Gasteiger partial charge in [0.05, 0.1) is 29.8 Å². The third-order valence-corrected chi connectivity index (χ3v) is 3.34. The Kier molecular flexibility index (Phi) is 3.17. The van der Waals surface area contributed by atoms with Gasteiger partial charge < -0.3 is 9.88 Å². The van der Waals surface area contributed by atoms with E-state index in [1.54, 1.807) is 23.3 Å². The van der Waals surface area contributed by atoms with Gasteiger partial charge in [-0.15, -0.1) is 0 Å². The van der Waals surface area contributed by atoms with Crippen LogP contribution in [0.3, 0.4) is 0 Å². The summed E-state index contributed by atoms with van der Waals surface area (Å²) >= 11 is 0. The van der Waals surface area contributed by atoms with E-state index in [2.05, 4.69) is 20.4 Å². The maximum absolute atomic E-state index is 12.2. The standard InChI is InChI=1S/C14H16N6O/c1-9-4-11(20(3)18-9)7-16-14(21)10-5-12-13(15-6-10)19(2)8-17-12/h4-6,8H,7H2,1-3H3,(H,16,21). The number of aromatic nitrogens is 5. The minimum absolute atomic E-state index is 0.172. The van der Waals surface area contributed by atoms with Crippen molar-refractivity contribution in [2.45, 2.75) is 13.5 Å². The summed E-state index contributed by atoms with van der Waals surface area (Å²) < 4.78 is 3.57. The molecule has 3 aromatic rings. The van der Waals surface area contributed by atoms with Gasteiger partial charge in [-0.2, -0.15) is 5.10 Å². The highest BCUT2D eigenvalue weighted by molar-refractivity contribution is 5.96. The molecule has 0 atom stereocenters. The lowest BCUT2D eigenvalue weighted by Gasteiger charge is -2.05. The molecular weight excluding hydrogens is 268 g/mol. The molecule has 0 aliphatic rings. The Labute approximate surface area is 121 Å². The molecule has 0 fully saturated rings. The second-order valence-corrected chi connectivity index (χ2v) is 5.01. The highest BCUT2D eigenvalue weighted by Gasteiger charge is 2.10. The summed E-state index contributed by atoms with van der Waals surface area (Å²) in [5.41, 5.74) is 3.85. The minimum atomic E-state index is -0.172. The summed E-state index contributed by atoms with van der Waals surface area (Å²) in [6.45, 7) is 2.35. The number of rotatable bonds is 3. The molecule has 7 nitrogen and oxygen atoms in total. The first kappa shape index (κ1) is 13.3. The average Bonchev–Trinajstić information content (AvgIpc) is 2.98. The van der Waals surface area contributed by atoms with Crippen molar-refractivity contribution in [3.63, 3.8) is 0 Å². The van der Waals surface area contributed by atoms with Crippen molar-refractivity contribution in [2.24, 2.45) is 14.1 Å². The molecule has 0 bridgehead atoms. The van der Waals surface area contributed by atoms with Crippen molar-refractivity contribution in [2.75, 3.05) is 0 Å². The van der Waals surface area contributed by atoms with Gasteiger partial charge in [-0.3, -0.25) is 9.48 Å². The van der Waals surface area contributed by atoms with Gasteiger partial charge in [-0.25, -0.2) is 9.97 Å². The number of fused-ring (bicyclic) bond motifs is 1. The predicted molar refractivity (Wildman–Crippen MR) is 77.6 cm³/mol. The predicted octanol–water partition coefficient (Wildman–Crippen LogP) is 0.940. The van der Waals surface area contributed by atoms with E-state index in [1.807, 2.05) is 31.7 Å². The van der Waals surface area contributed by atoms with Crippen LogP contribution in [0.5, 0.6) is 0 Å². The number of carbonyl (C=O) groups is 1. The summed E-state index contributed by atoms with van der Waals surface area (Å²) in [7, 11) is 3.73. The quantitative estimate of drug-likeness (QED) is 0.776. The molecule has 21 heavy (non-hydrogen) atoms. The topological polar surface area (TPSA) is 77.6 Å². The van der Waals surface area contributed by atoms with Crippen LogP contribution in [-0.2, 0) is 20.6 Å². The van der Waals surface area contributed by atoms with Crippen molar-refractivity contribution in [3.05, 3.63) is 41.6 Å². The molecule has 0 spiro atoms. The van der Waals surface area contributed by atoms with E-state index in [-0.39, 0.29) is 5.91 Å². The number of amides is 1. The Morgan fingerprint density at radius 1 is 1.29 bits per heavy atom. The van der Waals surface area contributed by atoms with Gasteiger partial charge >= 0.3 is 0 Å². The van der Waals surface area contributed by atoms with Gasteiger partial charge in [0.25, 0.3) is 5.91 Å². The first-order valence-corrected chi connectivity index (χ1v) is 6.59. The van der Waals surface area contributed by atoms with E-state index in [4.69, 9.17) is 0 Å². The van der Waals surface area contributed by atoms with Crippen LogP contribution in [0.25, 0.3) is 11.2 Å². The Hall–Kier alpha value is -2.70. The number of hydrogen-bond donors (Lipinski definition) is 1. The van der Waals surface area contributed by atoms with Gasteiger partial charge in [0.15, 0.2) is 5.65 Å². The molecular formula is C14H16N6O. The number of nitrogens with zero attached hydrogens (tertiary/aromatic N) is 5. The molecule has 1 amide bonds. The van der Waals surface area contributed by atoms with Crippen molar-refractivity contribution in [1.29, 1.82) is 0 Å². The third-order valence-electron chi connectivity index (χ3n) is 3.34. The molecule has 108 valence electrons. The number of pyridine rings is 1. The Morgan fingerprint density at radius 2 is 2.10 bits per heavy atom. The number of hydrogen-bond acceptors (Lipinski definition) is 4. The largest absolute Gasteiger partial charge is 0.346 e. The second-order valence-electron chi connectivity index (χ2n) is 5.01. The van der Waals surface area contributed by atoms with Crippen LogP contribution in [0.2, 0.25) is 0 Å². The fourth-order valence-electron chi connectivity index (χ4n) is 2.24. The zero-order valence-corrected chi connectivity index (χ0v) is 12.2. The second kappa shape index (κ2) is 5.01. The smallest absolute Gasteiger partial charge is 0.253 e. The van der Waals surface area contributed by atoms with Crippen LogP contribution in [0.4, 0.5) is 0 Å². The lowest BCUT2D eigenvalue weighted by atomic mass is 10.2. The number of carbonyl (C=O) groups excluding carboxylic acids is 1. The van der Waals surface area contributed by atoms with E-state index in [0.29, 0.717) is 17.6 Å². The lowest BCUT2D eigenvalue weighted by molar-refractivity contribution is 0.0950.